The zero-order valence-corrected chi connectivity index (χ0v) is 18.9. The third-order valence-electron chi connectivity index (χ3n) is 5.07. The molecule has 0 saturated carbocycles. The number of hydrogen-bond acceptors (Lipinski definition) is 4. The van der Waals surface area contributed by atoms with Gasteiger partial charge in [-0.15, -0.1) is 0 Å². The second-order valence-electron chi connectivity index (χ2n) is 7.16. The Labute approximate surface area is 188 Å². The first-order valence-electron chi connectivity index (χ1n) is 9.78. The summed E-state index contributed by atoms with van der Waals surface area (Å²) in [6.45, 7) is 2.05. The van der Waals surface area contributed by atoms with E-state index in [0.29, 0.717) is 5.02 Å². The standard InChI is InChI=1S/C24H24ClNO4S/c1-18(21-6-4-3-5-7-21)26(31(28,29)23-14-12-22(25)13-15-23)17-20-10-8-19(9-11-20)16-24(27)30-2/h3-15,18H,16-17H2,1-2H3/t18-/m0/s1. The zero-order valence-electron chi connectivity index (χ0n) is 17.4. The third-order valence-corrected chi connectivity index (χ3v) is 7.25. The maximum atomic E-state index is 13.5. The average Bonchev–Trinajstić information content (AvgIpc) is 2.78. The van der Waals surface area contributed by atoms with E-state index < -0.39 is 16.1 Å². The molecule has 0 unspecified atom stereocenters. The Hall–Kier alpha value is -2.67. The number of esters is 1. The smallest absolute Gasteiger partial charge is 0.309 e. The van der Waals surface area contributed by atoms with Crippen molar-refractivity contribution in [2.75, 3.05) is 7.11 Å². The Bertz CT molecular complexity index is 1110. The number of halogens is 1. The van der Waals surface area contributed by atoms with Crippen molar-refractivity contribution < 1.29 is 17.9 Å². The fourth-order valence-electron chi connectivity index (χ4n) is 3.25. The van der Waals surface area contributed by atoms with Gasteiger partial charge in [0.2, 0.25) is 10.0 Å². The summed E-state index contributed by atoms with van der Waals surface area (Å²) in [6.07, 6.45) is 0.171. The molecule has 162 valence electrons. The molecule has 0 bridgehead atoms. The predicted octanol–water partition coefficient (Wildman–Crippen LogP) is 5.01. The van der Waals surface area contributed by atoms with Crippen LogP contribution in [0.15, 0.2) is 83.8 Å². The molecule has 0 heterocycles. The number of rotatable bonds is 8. The van der Waals surface area contributed by atoms with Gasteiger partial charge < -0.3 is 4.74 Å². The van der Waals surface area contributed by atoms with Crippen molar-refractivity contribution in [2.24, 2.45) is 0 Å². The van der Waals surface area contributed by atoms with Crippen molar-refractivity contribution in [2.45, 2.75) is 30.8 Å². The monoisotopic (exact) mass is 457 g/mol. The summed E-state index contributed by atoms with van der Waals surface area (Å²) in [7, 11) is -2.45. The molecule has 7 heteroatoms. The number of hydrogen-bond donors (Lipinski definition) is 0. The van der Waals surface area contributed by atoms with E-state index in [0.717, 1.165) is 16.7 Å². The zero-order chi connectivity index (χ0) is 22.4. The summed E-state index contributed by atoms with van der Waals surface area (Å²) in [5.74, 6) is -0.322. The number of carbonyl (C=O) groups is 1. The van der Waals surface area contributed by atoms with Crippen molar-refractivity contribution >= 4 is 27.6 Å². The lowest BCUT2D eigenvalue weighted by Crippen LogP contribution is -2.33. The number of methoxy groups -OCH3 is 1. The summed E-state index contributed by atoms with van der Waals surface area (Å²) in [4.78, 5) is 11.7. The van der Waals surface area contributed by atoms with Crippen molar-refractivity contribution in [1.29, 1.82) is 0 Å². The number of sulfonamides is 1. The lowest BCUT2D eigenvalue weighted by Gasteiger charge is -2.29. The highest BCUT2D eigenvalue weighted by Gasteiger charge is 2.30. The topological polar surface area (TPSA) is 63.7 Å². The van der Waals surface area contributed by atoms with E-state index >= 15 is 0 Å². The Kier molecular flexibility index (Phi) is 7.49. The van der Waals surface area contributed by atoms with Crippen LogP contribution >= 0.6 is 11.6 Å². The van der Waals surface area contributed by atoms with Crippen LogP contribution in [-0.2, 0) is 32.5 Å². The van der Waals surface area contributed by atoms with Crippen LogP contribution < -0.4 is 0 Å². The van der Waals surface area contributed by atoms with Gasteiger partial charge in [0, 0.05) is 17.6 Å². The molecule has 0 aromatic heterocycles. The lowest BCUT2D eigenvalue weighted by molar-refractivity contribution is -0.139. The van der Waals surface area contributed by atoms with E-state index in [9.17, 15) is 13.2 Å². The highest BCUT2D eigenvalue weighted by Crippen LogP contribution is 2.30. The molecular weight excluding hydrogens is 434 g/mol. The molecule has 0 radical (unpaired) electrons. The van der Waals surface area contributed by atoms with Crippen molar-refractivity contribution in [3.05, 3.63) is 101 Å². The molecule has 3 aromatic carbocycles. The van der Waals surface area contributed by atoms with Gasteiger partial charge in [-0.1, -0.05) is 66.2 Å². The maximum Gasteiger partial charge on any atom is 0.309 e. The van der Waals surface area contributed by atoms with Crippen LogP contribution in [0.1, 0.15) is 29.7 Å². The van der Waals surface area contributed by atoms with Crippen LogP contribution in [0.25, 0.3) is 0 Å². The van der Waals surface area contributed by atoms with E-state index in [1.807, 2.05) is 61.5 Å². The first kappa shape index (κ1) is 23.0. The van der Waals surface area contributed by atoms with Crippen LogP contribution in [0, 0.1) is 0 Å². The summed E-state index contributed by atoms with van der Waals surface area (Å²) >= 11 is 5.95. The molecule has 0 aliphatic rings. The maximum absolute atomic E-state index is 13.5. The number of carbonyl (C=O) groups excluding carboxylic acids is 1. The fourth-order valence-corrected chi connectivity index (χ4v) is 4.99. The van der Waals surface area contributed by atoms with E-state index in [1.54, 1.807) is 12.1 Å². The predicted molar refractivity (Wildman–Crippen MR) is 121 cm³/mol. The molecule has 0 amide bonds. The summed E-state index contributed by atoms with van der Waals surface area (Å²) in [5.41, 5.74) is 2.51. The van der Waals surface area contributed by atoms with Gasteiger partial charge in [0.05, 0.1) is 18.4 Å². The second-order valence-corrected chi connectivity index (χ2v) is 9.49. The van der Waals surface area contributed by atoms with Gasteiger partial charge in [0.15, 0.2) is 0 Å². The molecule has 0 saturated heterocycles. The molecule has 1 atom stereocenters. The molecule has 0 fully saturated rings. The Morgan fingerprint density at radius 2 is 1.52 bits per heavy atom. The normalized spacial score (nSPS) is 12.5. The molecular formula is C24H24ClNO4S. The summed E-state index contributed by atoms with van der Waals surface area (Å²) in [6, 6.07) is 22.6. The fraction of sp³-hybridized carbons (Fsp3) is 0.208. The van der Waals surface area contributed by atoms with E-state index in [1.165, 1.54) is 23.5 Å². The minimum absolute atomic E-state index is 0.171. The van der Waals surface area contributed by atoms with Gasteiger partial charge in [-0.25, -0.2) is 8.42 Å². The van der Waals surface area contributed by atoms with Crippen molar-refractivity contribution in [1.82, 2.24) is 4.31 Å². The van der Waals surface area contributed by atoms with Crippen molar-refractivity contribution in [3.8, 4) is 0 Å². The molecule has 3 aromatic rings. The van der Waals surface area contributed by atoms with E-state index in [-0.39, 0.29) is 23.8 Å². The molecule has 0 N–H and O–H groups in total. The third kappa shape index (κ3) is 5.73. The lowest BCUT2D eigenvalue weighted by atomic mass is 10.1. The molecule has 0 aliphatic carbocycles. The van der Waals surface area contributed by atoms with Crippen LogP contribution in [-0.4, -0.2) is 25.8 Å². The van der Waals surface area contributed by atoms with Crippen LogP contribution in [0.3, 0.4) is 0 Å². The Balaban J connectivity index is 1.94. The average molecular weight is 458 g/mol. The van der Waals surface area contributed by atoms with E-state index in [2.05, 4.69) is 0 Å². The van der Waals surface area contributed by atoms with Gasteiger partial charge in [-0.2, -0.15) is 4.31 Å². The number of ether oxygens (including phenoxy) is 1. The van der Waals surface area contributed by atoms with Gasteiger partial charge in [0.25, 0.3) is 0 Å². The highest BCUT2D eigenvalue weighted by atomic mass is 35.5. The van der Waals surface area contributed by atoms with E-state index in [4.69, 9.17) is 16.3 Å². The Morgan fingerprint density at radius 3 is 2.10 bits per heavy atom. The number of nitrogens with zero attached hydrogens (tertiary/aromatic N) is 1. The molecule has 31 heavy (non-hydrogen) atoms. The first-order valence-corrected chi connectivity index (χ1v) is 11.6. The molecule has 5 nitrogen and oxygen atoms in total. The van der Waals surface area contributed by atoms with Gasteiger partial charge in [-0.05, 0) is 47.9 Å². The van der Waals surface area contributed by atoms with Crippen LogP contribution in [0.5, 0.6) is 0 Å². The summed E-state index contributed by atoms with van der Waals surface area (Å²) < 4.78 is 33.2. The quantitative estimate of drug-likeness (QED) is 0.446. The minimum Gasteiger partial charge on any atom is -0.469 e. The van der Waals surface area contributed by atoms with Gasteiger partial charge in [-0.3, -0.25) is 4.79 Å². The second kappa shape index (κ2) is 10.1. The highest BCUT2D eigenvalue weighted by molar-refractivity contribution is 7.89. The SMILES string of the molecule is COC(=O)Cc1ccc(CN([C@@H](C)c2ccccc2)S(=O)(=O)c2ccc(Cl)cc2)cc1. The van der Waals surface area contributed by atoms with Crippen LogP contribution in [0.2, 0.25) is 5.02 Å². The van der Waals surface area contributed by atoms with Gasteiger partial charge >= 0.3 is 5.97 Å². The van der Waals surface area contributed by atoms with Gasteiger partial charge in [0.1, 0.15) is 0 Å². The first-order chi connectivity index (χ1) is 14.8. The molecule has 0 aliphatic heterocycles. The minimum atomic E-state index is -3.80. The van der Waals surface area contributed by atoms with Crippen LogP contribution in [0.4, 0.5) is 0 Å². The Morgan fingerprint density at radius 1 is 0.935 bits per heavy atom. The summed E-state index contributed by atoms with van der Waals surface area (Å²) in [5, 5.41) is 0.475. The van der Waals surface area contributed by atoms with Crippen molar-refractivity contribution in [3.63, 3.8) is 0 Å². The molecule has 3 rings (SSSR count). The molecule has 0 spiro atoms. The largest absolute Gasteiger partial charge is 0.469 e. The number of benzene rings is 3.